The van der Waals surface area contributed by atoms with Gasteiger partial charge in [0.2, 0.25) is 11.8 Å². The zero-order valence-electron chi connectivity index (χ0n) is 15.2. The predicted molar refractivity (Wildman–Crippen MR) is 109 cm³/mol. The molecule has 4 rings (SSSR count). The Bertz CT molecular complexity index is 1180. The number of para-hydroxylation sites is 1. The Morgan fingerprint density at radius 1 is 1.13 bits per heavy atom. The quantitative estimate of drug-likeness (QED) is 0.599. The van der Waals surface area contributed by atoms with E-state index in [0.717, 1.165) is 11.3 Å². The number of halogens is 3. The summed E-state index contributed by atoms with van der Waals surface area (Å²) in [5, 5.41) is 0.685. The molecule has 3 amide bonds. The second-order valence-corrected chi connectivity index (χ2v) is 8.12. The number of nitrogens with zero attached hydrogens (tertiary/aromatic N) is 1. The summed E-state index contributed by atoms with van der Waals surface area (Å²) in [4.78, 5) is 38.4. The van der Waals surface area contributed by atoms with Crippen LogP contribution in [0.4, 0.5) is 14.5 Å². The summed E-state index contributed by atoms with van der Waals surface area (Å²) in [5.74, 6) is -3.41. The normalized spacial score (nSPS) is 16.2. The lowest BCUT2D eigenvalue weighted by molar-refractivity contribution is -0.126. The number of nitrogens with one attached hydrogen (secondary N) is 2. The summed E-state index contributed by atoms with van der Waals surface area (Å²) in [6.07, 6.45) is -0.112. The number of hydrogen-bond donors (Lipinski definition) is 2. The van der Waals surface area contributed by atoms with E-state index in [9.17, 15) is 23.2 Å². The minimum absolute atomic E-state index is 0.00953. The zero-order valence-corrected chi connectivity index (χ0v) is 16.8. The van der Waals surface area contributed by atoms with Gasteiger partial charge >= 0.3 is 0 Å². The fourth-order valence-electron chi connectivity index (χ4n) is 3.25. The number of anilines is 1. The molecular weight excluding hydrogens is 436 g/mol. The first kappa shape index (κ1) is 20.2. The standard InChI is InChI=1S/C20H14ClF2N3O3S/c21-17-12-6-5-11(22)8-15(12)30-18(17)20(29)25-24-19(28)10-7-16(27)26(9-10)14-4-2-1-3-13(14)23/h1-6,8,10H,7,9H2,(H,24,28)(H,25,29). The van der Waals surface area contributed by atoms with Gasteiger partial charge in [-0.15, -0.1) is 11.3 Å². The molecule has 1 aromatic heterocycles. The number of hydrogen-bond acceptors (Lipinski definition) is 4. The molecular formula is C20H14ClF2N3O3S. The molecule has 1 saturated heterocycles. The Hall–Kier alpha value is -3.04. The first-order valence-corrected chi connectivity index (χ1v) is 10.1. The summed E-state index contributed by atoms with van der Waals surface area (Å²) >= 11 is 7.19. The number of amides is 3. The Labute approximate surface area is 178 Å². The number of rotatable bonds is 3. The van der Waals surface area contributed by atoms with E-state index in [2.05, 4.69) is 10.9 Å². The predicted octanol–water partition coefficient (Wildman–Crippen LogP) is 3.65. The fourth-order valence-corrected chi connectivity index (χ4v) is 4.69. The van der Waals surface area contributed by atoms with E-state index in [1.165, 1.54) is 41.3 Å². The van der Waals surface area contributed by atoms with Crippen LogP contribution in [0.5, 0.6) is 0 Å². The maximum absolute atomic E-state index is 13.9. The van der Waals surface area contributed by atoms with Gasteiger partial charge in [-0.1, -0.05) is 23.7 Å². The van der Waals surface area contributed by atoms with Crippen molar-refractivity contribution >= 4 is 56.4 Å². The van der Waals surface area contributed by atoms with Crippen molar-refractivity contribution in [3.8, 4) is 0 Å². The van der Waals surface area contributed by atoms with E-state index in [0.29, 0.717) is 10.1 Å². The maximum atomic E-state index is 13.9. The van der Waals surface area contributed by atoms with Crippen LogP contribution in [0.3, 0.4) is 0 Å². The third kappa shape index (κ3) is 3.73. The molecule has 154 valence electrons. The SMILES string of the molecule is O=C(NNC(=O)C1CC(=O)N(c2ccccc2F)C1)c1sc2cc(F)ccc2c1Cl. The van der Waals surface area contributed by atoms with Crippen molar-refractivity contribution in [1.29, 1.82) is 0 Å². The molecule has 2 N–H and O–H groups in total. The lowest BCUT2D eigenvalue weighted by Crippen LogP contribution is -2.45. The van der Waals surface area contributed by atoms with Crippen LogP contribution in [0.15, 0.2) is 42.5 Å². The molecule has 0 spiro atoms. The van der Waals surface area contributed by atoms with Gasteiger partial charge in [-0.05, 0) is 30.3 Å². The molecule has 1 unspecified atom stereocenters. The molecule has 1 aliphatic heterocycles. The minimum Gasteiger partial charge on any atom is -0.309 e. The highest BCUT2D eigenvalue weighted by molar-refractivity contribution is 7.21. The van der Waals surface area contributed by atoms with Gasteiger partial charge in [0.1, 0.15) is 16.5 Å². The van der Waals surface area contributed by atoms with Gasteiger partial charge in [0.25, 0.3) is 5.91 Å². The highest BCUT2D eigenvalue weighted by Gasteiger charge is 2.36. The van der Waals surface area contributed by atoms with Gasteiger partial charge in [0.15, 0.2) is 0 Å². The summed E-state index contributed by atoms with van der Waals surface area (Å²) in [6, 6.07) is 9.77. The molecule has 1 atom stereocenters. The zero-order chi connectivity index (χ0) is 21.4. The molecule has 3 aromatic rings. The number of carbonyl (C=O) groups excluding carboxylic acids is 3. The Morgan fingerprint density at radius 3 is 2.67 bits per heavy atom. The number of hydrazine groups is 1. The molecule has 0 saturated carbocycles. The summed E-state index contributed by atoms with van der Waals surface area (Å²) in [7, 11) is 0. The van der Waals surface area contributed by atoms with Gasteiger partial charge in [-0.25, -0.2) is 8.78 Å². The van der Waals surface area contributed by atoms with Gasteiger partial charge in [0.05, 0.1) is 16.6 Å². The van der Waals surface area contributed by atoms with Gasteiger partial charge in [-0.2, -0.15) is 0 Å². The Balaban J connectivity index is 1.41. The van der Waals surface area contributed by atoms with Gasteiger partial charge in [0, 0.05) is 23.1 Å². The lowest BCUT2D eigenvalue weighted by Gasteiger charge is -2.17. The van der Waals surface area contributed by atoms with Crippen LogP contribution in [0.1, 0.15) is 16.1 Å². The van der Waals surface area contributed by atoms with Crippen LogP contribution >= 0.6 is 22.9 Å². The number of benzene rings is 2. The summed E-state index contributed by atoms with van der Waals surface area (Å²) in [6.45, 7) is -0.00953. The van der Waals surface area contributed by atoms with E-state index < -0.39 is 29.4 Å². The van der Waals surface area contributed by atoms with E-state index in [4.69, 9.17) is 11.6 Å². The van der Waals surface area contributed by atoms with E-state index in [1.54, 1.807) is 6.07 Å². The maximum Gasteiger partial charge on any atom is 0.281 e. The smallest absolute Gasteiger partial charge is 0.281 e. The second-order valence-electron chi connectivity index (χ2n) is 6.69. The van der Waals surface area contributed by atoms with Crippen LogP contribution < -0.4 is 15.8 Å². The van der Waals surface area contributed by atoms with Gasteiger partial charge < -0.3 is 4.90 Å². The van der Waals surface area contributed by atoms with Crippen molar-refractivity contribution in [1.82, 2.24) is 10.9 Å². The first-order valence-electron chi connectivity index (χ1n) is 8.88. The number of fused-ring (bicyclic) bond motifs is 1. The van der Waals surface area contributed by atoms with Crippen molar-refractivity contribution in [3.05, 3.63) is 64.0 Å². The van der Waals surface area contributed by atoms with Crippen LogP contribution in [-0.4, -0.2) is 24.3 Å². The highest BCUT2D eigenvalue weighted by atomic mass is 35.5. The third-order valence-electron chi connectivity index (χ3n) is 4.74. The Morgan fingerprint density at radius 2 is 1.90 bits per heavy atom. The van der Waals surface area contributed by atoms with Crippen LogP contribution in [-0.2, 0) is 9.59 Å². The summed E-state index contributed by atoms with van der Waals surface area (Å²) in [5.41, 5.74) is 4.64. The van der Waals surface area contributed by atoms with Crippen molar-refractivity contribution in [2.45, 2.75) is 6.42 Å². The molecule has 30 heavy (non-hydrogen) atoms. The lowest BCUT2D eigenvalue weighted by atomic mass is 10.1. The van der Waals surface area contributed by atoms with Crippen LogP contribution in [0.25, 0.3) is 10.1 Å². The van der Waals surface area contributed by atoms with E-state index >= 15 is 0 Å². The topological polar surface area (TPSA) is 78.5 Å². The van der Waals surface area contributed by atoms with Crippen molar-refractivity contribution in [2.24, 2.45) is 5.92 Å². The minimum atomic E-state index is -0.760. The monoisotopic (exact) mass is 449 g/mol. The summed E-state index contributed by atoms with van der Waals surface area (Å²) < 4.78 is 27.8. The first-order chi connectivity index (χ1) is 14.3. The number of thiophene rings is 1. The molecule has 0 radical (unpaired) electrons. The van der Waals surface area contributed by atoms with E-state index in [-0.39, 0.29) is 34.5 Å². The van der Waals surface area contributed by atoms with Crippen molar-refractivity contribution in [3.63, 3.8) is 0 Å². The largest absolute Gasteiger partial charge is 0.309 e. The molecule has 0 bridgehead atoms. The van der Waals surface area contributed by atoms with Crippen molar-refractivity contribution < 1.29 is 23.2 Å². The third-order valence-corrected chi connectivity index (χ3v) is 6.39. The second kappa shape index (κ2) is 8.00. The average molecular weight is 450 g/mol. The fraction of sp³-hybridized carbons (Fsp3) is 0.150. The average Bonchev–Trinajstić information content (AvgIpc) is 3.26. The molecule has 1 fully saturated rings. The van der Waals surface area contributed by atoms with Gasteiger partial charge in [-0.3, -0.25) is 25.2 Å². The molecule has 10 heteroatoms. The molecule has 2 heterocycles. The van der Waals surface area contributed by atoms with Crippen LogP contribution in [0.2, 0.25) is 5.02 Å². The van der Waals surface area contributed by atoms with E-state index in [1.807, 2.05) is 0 Å². The molecule has 1 aliphatic rings. The molecule has 6 nitrogen and oxygen atoms in total. The molecule has 0 aliphatic carbocycles. The van der Waals surface area contributed by atoms with Crippen LogP contribution in [0, 0.1) is 17.6 Å². The number of carbonyl (C=O) groups is 3. The molecule has 2 aromatic carbocycles. The highest BCUT2D eigenvalue weighted by Crippen LogP contribution is 2.35. The van der Waals surface area contributed by atoms with Crippen molar-refractivity contribution in [2.75, 3.05) is 11.4 Å². The Kier molecular flexibility index (Phi) is 5.40.